The van der Waals surface area contributed by atoms with Gasteiger partial charge in [0.15, 0.2) is 0 Å². The Hall–Kier alpha value is -1.28. The number of aromatic amines is 1. The molecule has 1 aliphatic carbocycles. The van der Waals surface area contributed by atoms with Gasteiger partial charge in [0.2, 0.25) is 0 Å². The van der Waals surface area contributed by atoms with E-state index < -0.39 is 0 Å². The molecule has 0 saturated heterocycles. The van der Waals surface area contributed by atoms with E-state index in [1.54, 1.807) is 0 Å². The van der Waals surface area contributed by atoms with Gasteiger partial charge in [-0.3, -0.25) is 0 Å². The lowest BCUT2D eigenvalue weighted by Crippen LogP contribution is -2.14. The van der Waals surface area contributed by atoms with Crippen LogP contribution < -0.4 is 5.32 Å². The number of rotatable bonds is 4. The first-order chi connectivity index (χ1) is 7.86. The number of nitrogens with one attached hydrogen (secondary N) is 2. The largest absolute Gasteiger partial charge is 0.361 e. The van der Waals surface area contributed by atoms with E-state index in [1.807, 2.05) is 0 Å². The van der Waals surface area contributed by atoms with Crippen LogP contribution in [0.2, 0.25) is 0 Å². The standard InChI is InChI=1S/C14H18N2/c1-2-10-3-6-14-13(7-10)11(9-16-14)8-15-12-4-5-12/h3,6-7,9,12,15-16H,2,4-5,8H2,1H3. The molecule has 2 nitrogen and oxygen atoms in total. The highest BCUT2D eigenvalue weighted by Gasteiger charge is 2.20. The van der Waals surface area contributed by atoms with Crippen molar-refractivity contribution in [3.63, 3.8) is 0 Å². The lowest BCUT2D eigenvalue weighted by atomic mass is 10.1. The van der Waals surface area contributed by atoms with Crippen molar-refractivity contribution in [2.75, 3.05) is 0 Å². The fourth-order valence-corrected chi connectivity index (χ4v) is 2.13. The van der Waals surface area contributed by atoms with Gasteiger partial charge in [-0.2, -0.15) is 0 Å². The summed E-state index contributed by atoms with van der Waals surface area (Å²) in [5, 5.41) is 4.95. The average molecular weight is 214 g/mol. The Kier molecular flexibility index (Phi) is 2.44. The summed E-state index contributed by atoms with van der Waals surface area (Å²) in [6, 6.07) is 7.49. The minimum Gasteiger partial charge on any atom is -0.361 e. The van der Waals surface area contributed by atoms with Gasteiger partial charge in [-0.15, -0.1) is 0 Å². The van der Waals surface area contributed by atoms with Crippen molar-refractivity contribution in [1.82, 2.24) is 10.3 Å². The van der Waals surface area contributed by atoms with E-state index in [4.69, 9.17) is 0 Å². The van der Waals surface area contributed by atoms with Crippen molar-refractivity contribution >= 4 is 10.9 Å². The van der Waals surface area contributed by atoms with E-state index in [0.717, 1.165) is 19.0 Å². The molecule has 1 heterocycles. The van der Waals surface area contributed by atoms with Crippen LogP contribution in [0.5, 0.6) is 0 Å². The Morgan fingerprint density at radius 3 is 3.00 bits per heavy atom. The van der Waals surface area contributed by atoms with Crippen LogP contribution in [0.25, 0.3) is 10.9 Å². The summed E-state index contributed by atoms with van der Waals surface area (Å²) in [5.41, 5.74) is 4.07. The molecule has 1 aromatic carbocycles. The van der Waals surface area contributed by atoms with Gasteiger partial charge in [0.1, 0.15) is 0 Å². The number of H-pyrrole nitrogens is 1. The average Bonchev–Trinajstić information content (AvgIpc) is 3.06. The third-order valence-corrected chi connectivity index (χ3v) is 3.40. The third kappa shape index (κ3) is 1.85. The van der Waals surface area contributed by atoms with Crippen LogP contribution in [-0.2, 0) is 13.0 Å². The Balaban J connectivity index is 1.89. The molecule has 2 heteroatoms. The molecule has 0 amide bonds. The first-order valence-electron chi connectivity index (χ1n) is 6.19. The van der Waals surface area contributed by atoms with Crippen LogP contribution >= 0.6 is 0 Å². The van der Waals surface area contributed by atoms with Crippen LogP contribution in [0.15, 0.2) is 24.4 Å². The zero-order chi connectivity index (χ0) is 11.0. The molecule has 0 aliphatic heterocycles. The molecule has 2 aromatic rings. The normalized spacial score (nSPS) is 15.8. The summed E-state index contributed by atoms with van der Waals surface area (Å²) < 4.78 is 0. The van der Waals surface area contributed by atoms with Gasteiger partial charge in [-0.25, -0.2) is 0 Å². The van der Waals surface area contributed by atoms with Gasteiger partial charge in [-0.05, 0) is 42.5 Å². The maximum atomic E-state index is 3.57. The molecule has 0 radical (unpaired) electrons. The molecule has 2 N–H and O–H groups in total. The van der Waals surface area contributed by atoms with Crippen LogP contribution in [-0.4, -0.2) is 11.0 Å². The van der Waals surface area contributed by atoms with Crippen molar-refractivity contribution in [3.05, 3.63) is 35.5 Å². The van der Waals surface area contributed by atoms with Crippen molar-refractivity contribution in [1.29, 1.82) is 0 Å². The van der Waals surface area contributed by atoms with Gasteiger partial charge in [0.05, 0.1) is 0 Å². The predicted octanol–water partition coefficient (Wildman–Crippen LogP) is 2.98. The molecular weight excluding hydrogens is 196 g/mol. The predicted molar refractivity (Wildman–Crippen MR) is 67.5 cm³/mol. The SMILES string of the molecule is CCc1ccc2[nH]cc(CNC3CC3)c2c1. The van der Waals surface area contributed by atoms with Crippen molar-refractivity contribution in [2.45, 2.75) is 38.8 Å². The highest BCUT2D eigenvalue weighted by Crippen LogP contribution is 2.23. The third-order valence-electron chi connectivity index (χ3n) is 3.40. The molecule has 16 heavy (non-hydrogen) atoms. The monoisotopic (exact) mass is 214 g/mol. The summed E-state index contributed by atoms with van der Waals surface area (Å²) in [5.74, 6) is 0. The number of aromatic nitrogens is 1. The first-order valence-corrected chi connectivity index (χ1v) is 6.19. The lowest BCUT2D eigenvalue weighted by Gasteiger charge is -2.02. The zero-order valence-corrected chi connectivity index (χ0v) is 9.72. The molecule has 0 bridgehead atoms. The van der Waals surface area contributed by atoms with Gasteiger partial charge in [0.25, 0.3) is 0 Å². The molecule has 84 valence electrons. The molecule has 1 fully saturated rings. The molecule has 0 spiro atoms. The summed E-state index contributed by atoms with van der Waals surface area (Å²) in [7, 11) is 0. The second kappa shape index (κ2) is 3.95. The summed E-state index contributed by atoms with van der Waals surface area (Å²) in [6.45, 7) is 3.20. The van der Waals surface area contributed by atoms with E-state index in [2.05, 4.69) is 41.6 Å². The summed E-state index contributed by atoms with van der Waals surface area (Å²) >= 11 is 0. The fourth-order valence-electron chi connectivity index (χ4n) is 2.13. The topological polar surface area (TPSA) is 27.8 Å². The van der Waals surface area contributed by atoms with Crippen LogP contribution in [0.4, 0.5) is 0 Å². The molecule has 1 aliphatic rings. The van der Waals surface area contributed by atoms with Crippen LogP contribution in [0.3, 0.4) is 0 Å². The van der Waals surface area contributed by atoms with E-state index >= 15 is 0 Å². The van der Waals surface area contributed by atoms with Crippen molar-refractivity contribution in [3.8, 4) is 0 Å². The first kappa shape index (κ1) is 9.91. The van der Waals surface area contributed by atoms with Crippen LogP contribution in [0.1, 0.15) is 30.9 Å². The van der Waals surface area contributed by atoms with E-state index in [9.17, 15) is 0 Å². The van der Waals surface area contributed by atoms with Gasteiger partial charge in [-0.1, -0.05) is 13.0 Å². The molecule has 0 atom stereocenters. The smallest absolute Gasteiger partial charge is 0.0457 e. The zero-order valence-electron chi connectivity index (χ0n) is 9.72. The molecule has 1 aromatic heterocycles. The molecule has 0 unspecified atom stereocenters. The van der Waals surface area contributed by atoms with Crippen molar-refractivity contribution in [2.24, 2.45) is 0 Å². The summed E-state index contributed by atoms with van der Waals surface area (Å²) in [4.78, 5) is 3.34. The van der Waals surface area contributed by atoms with Crippen molar-refractivity contribution < 1.29 is 0 Å². The highest BCUT2D eigenvalue weighted by molar-refractivity contribution is 5.83. The maximum Gasteiger partial charge on any atom is 0.0457 e. The Morgan fingerprint density at radius 2 is 2.25 bits per heavy atom. The van der Waals surface area contributed by atoms with E-state index in [0.29, 0.717) is 0 Å². The minimum atomic E-state index is 0.777. The van der Waals surface area contributed by atoms with Gasteiger partial charge >= 0.3 is 0 Å². The lowest BCUT2D eigenvalue weighted by molar-refractivity contribution is 0.691. The fraction of sp³-hybridized carbons (Fsp3) is 0.429. The van der Waals surface area contributed by atoms with Crippen LogP contribution in [0, 0.1) is 0 Å². The Bertz CT molecular complexity index is 494. The molecular formula is C14H18N2. The summed E-state index contributed by atoms with van der Waals surface area (Å²) in [6.07, 6.45) is 5.95. The maximum absolute atomic E-state index is 3.57. The van der Waals surface area contributed by atoms with E-state index in [-0.39, 0.29) is 0 Å². The number of hydrogen-bond donors (Lipinski definition) is 2. The second-order valence-electron chi connectivity index (χ2n) is 4.70. The van der Waals surface area contributed by atoms with Gasteiger partial charge < -0.3 is 10.3 Å². The van der Waals surface area contributed by atoms with E-state index in [1.165, 1.54) is 34.9 Å². The highest BCUT2D eigenvalue weighted by atomic mass is 14.9. The van der Waals surface area contributed by atoms with Gasteiger partial charge in [0, 0.05) is 29.7 Å². The Morgan fingerprint density at radius 1 is 1.38 bits per heavy atom. The number of benzene rings is 1. The quantitative estimate of drug-likeness (QED) is 0.804. The number of fused-ring (bicyclic) bond motifs is 1. The molecule has 1 saturated carbocycles. The number of hydrogen-bond acceptors (Lipinski definition) is 1. The minimum absolute atomic E-state index is 0.777. The second-order valence-corrected chi connectivity index (χ2v) is 4.70. The molecule has 3 rings (SSSR count). The Labute approximate surface area is 96.1 Å². The number of aryl methyl sites for hydroxylation is 1.